The van der Waals surface area contributed by atoms with Gasteiger partial charge in [0.2, 0.25) is 5.91 Å². The van der Waals surface area contributed by atoms with Crippen LogP contribution < -0.4 is 5.32 Å². The summed E-state index contributed by atoms with van der Waals surface area (Å²) in [5.41, 5.74) is 2.28. The first-order chi connectivity index (χ1) is 11.9. The fraction of sp³-hybridized carbons (Fsp3) is 0.222. The zero-order valence-electron chi connectivity index (χ0n) is 13.7. The van der Waals surface area contributed by atoms with Crippen LogP contribution in [0.3, 0.4) is 0 Å². The van der Waals surface area contributed by atoms with Crippen molar-refractivity contribution in [3.63, 3.8) is 0 Å². The molecule has 1 N–H and O–H groups in total. The van der Waals surface area contributed by atoms with Crippen LogP contribution in [-0.4, -0.2) is 25.1 Å². The summed E-state index contributed by atoms with van der Waals surface area (Å²) in [7, 11) is -3.32. The van der Waals surface area contributed by atoms with Gasteiger partial charge >= 0.3 is 0 Å². The van der Waals surface area contributed by atoms with Crippen molar-refractivity contribution in [3.8, 4) is 0 Å². The van der Waals surface area contributed by atoms with E-state index in [9.17, 15) is 13.2 Å². The quantitative estimate of drug-likeness (QED) is 0.716. The van der Waals surface area contributed by atoms with Crippen molar-refractivity contribution < 1.29 is 13.2 Å². The van der Waals surface area contributed by atoms with Gasteiger partial charge in [-0.3, -0.25) is 4.79 Å². The molecule has 130 valence electrons. The van der Waals surface area contributed by atoms with Crippen molar-refractivity contribution in [2.24, 2.45) is 0 Å². The van der Waals surface area contributed by atoms with E-state index in [1.165, 1.54) is 0 Å². The number of carbonyl (C=O) groups is 1. The van der Waals surface area contributed by atoms with Crippen molar-refractivity contribution in [1.29, 1.82) is 0 Å². The summed E-state index contributed by atoms with van der Waals surface area (Å²) in [6, 6.07) is 14.5. The van der Waals surface area contributed by atoms with Crippen LogP contribution in [0, 0.1) is 6.92 Å². The Hall–Kier alpha value is -2.25. The van der Waals surface area contributed by atoms with Gasteiger partial charge in [-0.25, -0.2) is 13.4 Å². The average Bonchev–Trinajstić information content (AvgIpc) is 2.93. The first-order valence-corrected chi connectivity index (χ1v) is 10.5. The van der Waals surface area contributed by atoms with E-state index in [4.69, 9.17) is 0 Å². The van der Waals surface area contributed by atoms with E-state index >= 15 is 0 Å². The second kappa shape index (κ2) is 7.33. The van der Waals surface area contributed by atoms with E-state index < -0.39 is 9.84 Å². The summed E-state index contributed by atoms with van der Waals surface area (Å²) in [5.74, 6) is -0.528. The zero-order chi connectivity index (χ0) is 17.9. The van der Waals surface area contributed by atoms with Gasteiger partial charge in [0.15, 0.2) is 9.84 Å². The highest BCUT2D eigenvalue weighted by Gasteiger charge is 2.15. The van der Waals surface area contributed by atoms with E-state index in [0.29, 0.717) is 5.69 Å². The minimum atomic E-state index is -3.32. The first-order valence-electron chi connectivity index (χ1n) is 7.83. The summed E-state index contributed by atoms with van der Waals surface area (Å²) in [6.45, 7) is 1.93. The first kappa shape index (κ1) is 17.6. The van der Waals surface area contributed by atoms with E-state index in [-0.39, 0.29) is 23.8 Å². The number of carbonyl (C=O) groups excluding carboxylic acids is 1. The lowest BCUT2D eigenvalue weighted by atomic mass is 10.2. The van der Waals surface area contributed by atoms with E-state index in [0.717, 1.165) is 20.8 Å². The maximum atomic E-state index is 12.1. The Morgan fingerprint density at radius 3 is 2.68 bits per heavy atom. The Balaban J connectivity index is 1.58. The highest BCUT2D eigenvalue weighted by molar-refractivity contribution is 7.90. The second-order valence-electron chi connectivity index (χ2n) is 5.79. The van der Waals surface area contributed by atoms with Gasteiger partial charge in [0.05, 0.1) is 26.7 Å². The van der Waals surface area contributed by atoms with Crippen LogP contribution in [0.15, 0.2) is 48.5 Å². The van der Waals surface area contributed by atoms with Crippen LogP contribution in [0.25, 0.3) is 10.2 Å². The number of hydrogen-bond donors (Lipinski definition) is 1. The normalized spacial score (nSPS) is 11.6. The summed E-state index contributed by atoms with van der Waals surface area (Å²) in [4.78, 5) is 16.4. The summed E-state index contributed by atoms with van der Waals surface area (Å²) >= 11 is 1.55. The predicted octanol–water partition coefficient (Wildman–Crippen LogP) is 3.55. The highest BCUT2D eigenvalue weighted by Crippen LogP contribution is 2.24. The molecule has 3 rings (SSSR count). The van der Waals surface area contributed by atoms with Crippen LogP contribution in [0.5, 0.6) is 0 Å². The van der Waals surface area contributed by atoms with Gasteiger partial charge in [0.25, 0.3) is 0 Å². The fourth-order valence-corrected chi connectivity index (χ4v) is 4.70. The monoisotopic (exact) mass is 374 g/mol. The number of benzene rings is 2. The van der Waals surface area contributed by atoms with E-state index in [2.05, 4.69) is 10.3 Å². The smallest absolute Gasteiger partial charge is 0.225 e. The van der Waals surface area contributed by atoms with Gasteiger partial charge in [-0.05, 0) is 30.7 Å². The molecule has 1 amide bonds. The van der Waals surface area contributed by atoms with Crippen molar-refractivity contribution in [2.45, 2.75) is 19.1 Å². The maximum Gasteiger partial charge on any atom is 0.225 e. The molecule has 1 heterocycles. The maximum absolute atomic E-state index is 12.1. The molecule has 0 aliphatic heterocycles. The van der Waals surface area contributed by atoms with Crippen molar-refractivity contribution in [2.75, 3.05) is 11.1 Å². The molecule has 3 aromatic rings. The minimum absolute atomic E-state index is 0.0484. The number of aromatic nitrogens is 1. The van der Waals surface area contributed by atoms with Crippen LogP contribution in [-0.2, 0) is 20.4 Å². The van der Waals surface area contributed by atoms with Gasteiger partial charge in [-0.2, -0.15) is 0 Å². The van der Waals surface area contributed by atoms with Crippen LogP contribution >= 0.6 is 11.3 Å². The second-order valence-corrected chi connectivity index (χ2v) is 9.21. The number of nitrogens with zero attached hydrogens (tertiary/aromatic N) is 1. The molecule has 0 fully saturated rings. The van der Waals surface area contributed by atoms with Gasteiger partial charge in [0, 0.05) is 12.1 Å². The topological polar surface area (TPSA) is 76.1 Å². The third-order valence-corrected chi connectivity index (χ3v) is 6.18. The fourth-order valence-electron chi connectivity index (χ4n) is 2.49. The zero-order valence-corrected chi connectivity index (χ0v) is 15.4. The van der Waals surface area contributed by atoms with Crippen LogP contribution in [0.4, 0.5) is 5.69 Å². The molecule has 0 spiro atoms. The molecular formula is C18H18N2O3S2. The Morgan fingerprint density at radius 1 is 1.16 bits per heavy atom. The lowest BCUT2D eigenvalue weighted by Gasteiger charge is -2.06. The van der Waals surface area contributed by atoms with Crippen molar-refractivity contribution >= 4 is 43.0 Å². The lowest BCUT2D eigenvalue weighted by Crippen LogP contribution is -2.18. The average molecular weight is 374 g/mol. The molecule has 0 atom stereocenters. The van der Waals surface area contributed by atoms with E-state index in [1.54, 1.807) is 41.7 Å². The standard InChI is InChI=1S/C18H18N2O3S2/c1-13-19-16-8-7-15(11-17(16)24-13)20-18(21)9-10-25(22,23)12-14-5-3-2-4-6-14/h2-8,11H,9-10,12H2,1H3,(H,20,21). The molecule has 0 radical (unpaired) electrons. The Kier molecular flexibility index (Phi) is 5.15. The Labute approximate surface area is 150 Å². The molecule has 0 unspecified atom stereocenters. The lowest BCUT2D eigenvalue weighted by molar-refractivity contribution is -0.115. The number of amides is 1. The number of nitrogens with one attached hydrogen (secondary N) is 1. The molecular weight excluding hydrogens is 356 g/mol. The van der Waals surface area contributed by atoms with Gasteiger partial charge < -0.3 is 5.32 Å². The molecule has 0 aliphatic rings. The van der Waals surface area contributed by atoms with E-state index in [1.807, 2.05) is 25.1 Å². The molecule has 0 aliphatic carbocycles. The molecule has 25 heavy (non-hydrogen) atoms. The molecule has 1 aromatic heterocycles. The van der Waals surface area contributed by atoms with Crippen LogP contribution in [0.1, 0.15) is 17.0 Å². The number of rotatable bonds is 6. The van der Waals surface area contributed by atoms with Gasteiger partial charge in [-0.15, -0.1) is 11.3 Å². The number of anilines is 1. The number of fused-ring (bicyclic) bond motifs is 1. The van der Waals surface area contributed by atoms with Crippen molar-refractivity contribution in [1.82, 2.24) is 4.98 Å². The van der Waals surface area contributed by atoms with Gasteiger partial charge in [-0.1, -0.05) is 30.3 Å². The largest absolute Gasteiger partial charge is 0.326 e. The molecule has 0 saturated heterocycles. The molecule has 5 nitrogen and oxygen atoms in total. The summed E-state index contributed by atoms with van der Waals surface area (Å²) in [6.07, 6.45) is -0.0606. The molecule has 0 saturated carbocycles. The minimum Gasteiger partial charge on any atom is -0.326 e. The Bertz CT molecular complexity index is 996. The SMILES string of the molecule is Cc1nc2ccc(NC(=O)CCS(=O)(=O)Cc3ccccc3)cc2s1. The number of thiazole rings is 1. The molecule has 2 aromatic carbocycles. The number of aryl methyl sites for hydroxylation is 1. The Morgan fingerprint density at radius 2 is 1.92 bits per heavy atom. The summed E-state index contributed by atoms with van der Waals surface area (Å²) < 4.78 is 25.3. The predicted molar refractivity (Wildman–Crippen MR) is 102 cm³/mol. The molecule has 7 heteroatoms. The van der Waals surface area contributed by atoms with Crippen LogP contribution in [0.2, 0.25) is 0 Å². The summed E-state index contributed by atoms with van der Waals surface area (Å²) in [5, 5.41) is 3.72. The highest BCUT2D eigenvalue weighted by atomic mass is 32.2. The third kappa shape index (κ3) is 4.87. The molecule has 0 bridgehead atoms. The number of hydrogen-bond acceptors (Lipinski definition) is 5. The third-order valence-electron chi connectivity index (χ3n) is 3.65. The number of sulfone groups is 1. The van der Waals surface area contributed by atoms with Crippen molar-refractivity contribution in [3.05, 3.63) is 59.1 Å². The van der Waals surface area contributed by atoms with Gasteiger partial charge in [0.1, 0.15) is 0 Å².